The number of hydrogen-bond donors (Lipinski definition) is 2. The zero-order chi connectivity index (χ0) is 16.4. The van der Waals surface area contributed by atoms with Crippen molar-refractivity contribution in [1.29, 1.82) is 0 Å². The van der Waals surface area contributed by atoms with Gasteiger partial charge in [0.25, 0.3) is 0 Å². The van der Waals surface area contributed by atoms with Crippen molar-refractivity contribution >= 4 is 16.6 Å². The van der Waals surface area contributed by atoms with Gasteiger partial charge in [0.15, 0.2) is 0 Å². The molecule has 0 aliphatic heterocycles. The Morgan fingerprint density at radius 2 is 1.88 bits per heavy atom. The first-order chi connectivity index (χ1) is 11.8. The highest BCUT2D eigenvalue weighted by atomic mass is 15.0. The number of hydrogen-bond acceptors (Lipinski definition) is 5. The molecule has 3 heterocycles. The third-order valence-electron chi connectivity index (χ3n) is 4.66. The molecule has 2 atom stereocenters. The third kappa shape index (κ3) is 3.08. The van der Waals surface area contributed by atoms with E-state index in [4.69, 9.17) is 10.7 Å². The maximum absolute atomic E-state index is 6.14. The average molecular weight is 319 g/mol. The van der Waals surface area contributed by atoms with E-state index in [9.17, 15) is 0 Å². The fraction of sp³-hybridized carbons (Fsp3) is 0.316. The monoisotopic (exact) mass is 319 g/mol. The van der Waals surface area contributed by atoms with Gasteiger partial charge in [-0.3, -0.25) is 9.97 Å². The predicted molar refractivity (Wildman–Crippen MR) is 96.6 cm³/mol. The minimum absolute atomic E-state index is 0.285. The molecule has 0 radical (unpaired) electrons. The molecule has 5 nitrogen and oxygen atoms in total. The molecule has 1 aliphatic carbocycles. The van der Waals surface area contributed by atoms with Crippen LogP contribution >= 0.6 is 0 Å². The molecule has 3 aromatic rings. The van der Waals surface area contributed by atoms with Crippen molar-refractivity contribution in [3.05, 3.63) is 49.1 Å². The molecule has 122 valence electrons. The molecule has 1 saturated carbocycles. The van der Waals surface area contributed by atoms with Crippen LogP contribution < -0.4 is 11.1 Å². The second kappa shape index (κ2) is 6.53. The fourth-order valence-electron chi connectivity index (χ4n) is 3.43. The molecule has 0 aromatic carbocycles. The maximum atomic E-state index is 6.14. The van der Waals surface area contributed by atoms with Crippen LogP contribution in [0.1, 0.15) is 25.7 Å². The lowest BCUT2D eigenvalue weighted by Crippen LogP contribution is -2.35. The van der Waals surface area contributed by atoms with Crippen molar-refractivity contribution < 1.29 is 0 Å². The molecule has 0 unspecified atom stereocenters. The first-order valence-electron chi connectivity index (χ1n) is 8.47. The maximum Gasteiger partial charge on any atom is 0.134 e. The molecule has 3 aromatic heterocycles. The summed E-state index contributed by atoms with van der Waals surface area (Å²) >= 11 is 0. The highest BCUT2D eigenvalue weighted by Gasteiger charge is 2.20. The van der Waals surface area contributed by atoms with E-state index in [0.717, 1.165) is 47.1 Å². The van der Waals surface area contributed by atoms with Gasteiger partial charge in [-0.05, 0) is 49.9 Å². The van der Waals surface area contributed by atoms with Gasteiger partial charge in [-0.15, -0.1) is 0 Å². The van der Waals surface area contributed by atoms with Crippen molar-refractivity contribution in [3.63, 3.8) is 0 Å². The second-order valence-corrected chi connectivity index (χ2v) is 6.46. The van der Waals surface area contributed by atoms with Crippen LogP contribution in [0.25, 0.3) is 22.0 Å². The molecule has 1 fully saturated rings. The lowest BCUT2D eigenvalue weighted by molar-refractivity contribution is 0.409. The van der Waals surface area contributed by atoms with Gasteiger partial charge in [-0.25, -0.2) is 4.98 Å². The largest absolute Gasteiger partial charge is 0.367 e. The Morgan fingerprint density at radius 1 is 1.04 bits per heavy atom. The number of aromatic nitrogens is 3. The van der Waals surface area contributed by atoms with Gasteiger partial charge in [-0.2, -0.15) is 0 Å². The Hall–Kier alpha value is -2.53. The van der Waals surface area contributed by atoms with E-state index in [1.54, 1.807) is 12.4 Å². The van der Waals surface area contributed by atoms with Gasteiger partial charge < -0.3 is 11.1 Å². The van der Waals surface area contributed by atoms with E-state index < -0.39 is 0 Å². The van der Waals surface area contributed by atoms with Crippen molar-refractivity contribution in [1.82, 2.24) is 15.0 Å². The van der Waals surface area contributed by atoms with E-state index in [1.165, 1.54) is 6.42 Å². The van der Waals surface area contributed by atoms with Gasteiger partial charge in [0.1, 0.15) is 5.82 Å². The number of pyridine rings is 3. The zero-order valence-electron chi connectivity index (χ0n) is 13.5. The molecule has 0 saturated heterocycles. The molecule has 3 N–H and O–H groups in total. The van der Waals surface area contributed by atoms with E-state index in [0.29, 0.717) is 6.04 Å². The minimum atomic E-state index is 0.285. The van der Waals surface area contributed by atoms with Crippen molar-refractivity contribution in [2.75, 3.05) is 5.32 Å². The van der Waals surface area contributed by atoms with E-state index in [1.807, 2.05) is 30.6 Å². The van der Waals surface area contributed by atoms with Crippen LogP contribution in [0, 0.1) is 0 Å². The van der Waals surface area contributed by atoms with Crippen LogP contribution in [0.4, 0.5) is 5.82 Å². The Bertz CT molecular complexity index is 834. The quantitative estimate of drug-likeness (QED) is 0.774. The summed E-state index contributed by atoms with van der Waals surface area (Å²) in [5.41, 5.74) is 8.12. The zero-order valence-corrected chi connectivity index (χ0v) is 13.5. The summed E-state index contributed by atoms with van der Waals surface area (Å²) in [6, 6.07) is 8.72. The van der Waals surface area contributed by atoms with Crippen LogP contribution in [-0.2, 0) is 0 Å². The number of nitrogens with one attached hydrogen (secondary N) is 1. The van der Waals surface area contributed by atoms with Gasteiger partial charge in [-0.1, -0.05) is 0 Å². The van der Waals surface area contributed by atoms with Crippen LogP contribution in [0.2, 0.25) is 0 Å². The standard InChI is InChI=1S/C19H21N5/c20-15-2-1-3-16(11-15)23-19-17-6-9-22-12-14(17)10-18(24-19)13-4-7-21-8-5-13/h4-10,12,15-16H,1-3,11,20H2,(H,23,24)/t15-,16-/m1/s1. The molecule has 0 amide bonds. The second-order valence-electron chi connectivity index (χ2n) is 6.46. The van der Waals surface area contributed by atoms with E-state index >= 15 is 0 Å². The first kappa shape index (κ1) is 15.0. The molecular formula is C19H21N5. The molecule has 5 heteroatoms. The lowest BCUT2D eigenvalue weighted by atomic mass is 9.91. The summed E-state index contributed by atoms with van der Waals surface area (Å²) in [5, 5.41) is 5.81. The van der Waals surface area contributed by atoms with Gasteiger partial charge in [0.2, 0.25) is 0 Å². The summed E-state index contributed by atoms with van der Waals surface area (Å²) in [5.74, 6) is 0.917. The Morgan fingerprint density at radius 3 is 2.71 bits per heavy atom. The topological polar surface area (TPSA) is 76.7 Å². The summed E-state index contributed by atoms with van der Waals surface area (Å²) < 4.78 is 0. The minimum Gasteiger partial charge on any atom is -0.367 e. The predicted octanol–water partition coefficient (Wildman–Crippen LogP) is 3.37. The van der Waals surface area contributed by atoms with Crippen LogP contribution in [0.15, 0.2) is 49.1 Å². The molecule has 4 rings (SSSR count). The number of rotatable bonds is 3. The Labute approximate surface area is 141 Å². The number of nitrogens with zero attached hydrogens (tertiary/aromatic N) is 3. The van der Waals surface area contributed by atoms with Crippen LogP contribution in [0.5, 0.6) is 0 Å². The molecule has 24 heavy (non-hydrogen) atoms. The number of nitrogens with two attached hydrogens (primary N) is 1. The van der Waals surface area contributed by atoms with Crippen molar-refractivity contribution in [2.45, 2.75) is 37.8 Å². The summed E-state index contributed by atoms with van der Waals surface area (Å²) in [7, 11) is 0. The Balaban J connectivity index is 1.75. The highest BCUT2D eigenvalue weighted by molar-refractivity contribution is 5.94. The van der Waals surface area contributed by atoms with Crippen LogP contribution in [0.3, 0.4) is 0 Å². The van der Waals surface area contributed by atoms with E-state index in [2.05, 4.69) is 21.4 Å². The highest BCUT2D eigenvalue weighted by Crippen LogP contribution is 2.29. The van der Waals surface area contributed by atoms with Crippen molar-refractivity contribution in [3.8, 4) is 11.3 Å². The molecule has 0 spiro atoms. The number of fused-ring (bicyclic) bond motifs is 1. The lowest BCUT2D eigenvalue weighted by Gasteiger charge is -2.28. The fourth-order valence-corrected chi connectivity index (χ4v) is 3.43. The number of anilines is 1. The molecular weight excluding hydrogens is 298 g/mol. The van der Waals surface area contributed by atoms with Crippen molar-refractivity contribution in [2.24, 2.45) is 5.73 Å². The Kier molecular flexibility index (Phi) is 4.09. The summed E-state index contributed by atoms with van der Waals surface area (Å²) in [6.07, 6.45) is 11.7. The van der Waals surface area contributed by atoms with E-state index in [-0.39, 0.29) is 6.04 Å². The SMILES string of the molecule is N[C@@H]1CCC[C@@H](Nc2nc(-c3ccncc3)cc3cnccc23)C1. The third-order valence-corrected chi connectivity index (χ3v) is 4.66. The summed E-state index contributed by atoms with van der Waals surface area (Å²) in [4.78, 5) is 13.2. The average Bonchev–Trinajstić information content (AvgIpc) is 2.62. The van der Waals surface area contributed by atoms with Gasteiger partial charge in [0, 0.05) is 53.2 Å². The molecule has 1 aliphatic rings. The smallest absolute Gasteiger partial charge is 0.134 e. The summed E-state index contributed by atoms with van der Waals surface area (Å²) in [6.45, 7) is 0. The van der Waals surface area contributed by atoms with Gasteiger partial charge >= 0.3 is 0 Å². The normalized spacial score (nSPS) is 20.9. The van der Waals surface area contributed by atoms with Gasteiger partial charge in [0.05, 0.1) is 5.69 Å². The first-order valence-corrected chi connectivity index (χ1v) is 8.47. The van der Waals surface area contributed by atoms with Crippen LogP contribution in [-0.4, -0.2) is 27.0 Å². The molecule has 0 bridgehead atoms.